The van der Waals surface area contributed by atoms with Crippen LogP contribution in [0.15, 0.2) is 18.2 Å². The molecule has 1 heterocycles. The van der Waals surface area contributed by atoms with Gasteiger partial charge in [0.1, 0.15) is 6.04 Å². The van der Waals surface area contributed by atoms with Gasteiger partial charge in [0.2, 0.25) is 5.91 Å². The third kappa shape index (κ3) is 2.52. The molecule has 1 atom stereocenters. The molecule has 1 aliphatic heterocycles. The number of fused-ring (bicyclic) bond motifs is 1. The maximum Gasteiger partial charge on any atom is 0.248 e. The highest BCUT2D eigenvalue weighted by Crippen LogP contribution is 2.36. The first-order valence-electron chi connectivity index (χ1n) is 6.51. The number of carbonyl (C=O) groups excluding carboxylic acids is 1. The number of hydrogen-bond acceptors (Lipinski definition) is 2. The Morgan fingerprint density at radius 3 is 2.83 bits per heavy atom. The van der Waals surface area contributed by atoms with E-state index in [1.54, 1.807) is 11.0 Å². The number of hydrogen-bond donors (Lipinski definition) is 1. The summed E-state index contributed by atoms with van der Waals surface area (Å²) in [5, 5.41) is 0.629. The molecule has 0 fully saturated rings. The van der Waals surface area contributed by atoms with Crippen LogP contribution in [0.3, 0.4) is 0 Å². The summed E-state index contributed by atoms with van der Waals surface area (Å²) in [4.78, 5) is 13.9. The van der Waals surface area contributed by atoms with E-state index in [2.05, 4.69) is 6.92 Å². The molecule has 1 aromatic carbocycles. The summed E-state index contributed by atoms with van der Waals surface area (Å²) in [6.07, 6.45) is 4.58. The van der Waals surface area contributed by atoms with Crippen LogP contribution in [-0.4, -0.2) is 12.5 Å². The molecule has 2 N–H and O–H groups in total. The van der Waals surface area contributed by atoms with E-state index in [0.29, 0.717) is 5.02 Å². The zero-order valence-electron chi connectivity index (χ0n) is 10.7. The highest BCUT2D eigenvalue weighted by molar-refractivity contribution is 6.31. The molecule has 3 nitrogen and oxygen atoms in total. The van der Waals surface area contributed by atoms with Gasteiger partial charge in [0.15, 0.2) is 0 Å². The van der Waals surface area contributed by atoms with Crippen LogP contribution in [0, 0.1) is 0 Å². The Balaban J connectivity index is 2.11. The smallest absolute Gasteiger partial charge is 0.248 e. The molecule has 1 amide bonds. The Morgan fingerprint density at radius 1 is 1.33 bits per heavy atom. The molecule has 0 radical (unpaired) electrons. The van der Waals surface area contributed by atoms with E-state index < -0.39 is 6.04 Å². The lowest BCUT2D eigenvalue weighted by atomic mass is 10.1. The molecular weight excluding hydrogens is 248 g/mol. The van der Waals surface area contributed by atoms with Gasteiger partial charge in [-0.05, 0) is 24.6 Å². The molecule has 1 unspecified atom stereocenters. The molecule has 4 heteroatoms. The fourth-order valence-corrected chi connectivity index (χ4v) is 2.55. The van der Waals surface area contributed by atoms with Crippen LogP contribution >= 0.6 is 11.6 Å². The fourth-order valence-electron chi connectivity index (χ4n) is 2.37. The number of carbonyl (C=O) groups is 1. The van der Waals surface area contributed by atoms with E-state index in [-0.39, 0.29) is 5.91 Å². The topological polar surface area (TPSA) is 46.3 Å². The van der Waals surface area contributed by atoms with Gasteiger partial charge >= 0.3 is 0 Å². The number of halogens is 1. The Labute approximate surface area is 113 Å². The third-order valence-corrected chi connectivity index (χ3v) is 3.62. The zero-order chi connectivity index (χ0) is 13.1. The first kappa shape index (κ1) is 13.4. The van der Waals surface area contributed by atoms with Crippen LogP contribution in [0.1, 0.15) is 44.2 Å². The van der Waals surface area contributed by atoms with Gasteiger partial charge in [-0.2, -0.15) is 0 Å². The second-order valence-corrected chi connectivity index (χ2v) is 5.17. The molecule has 0 spiro atoms. The van der Waals surface area contributed by atoms with Crippen molar-refractivity contribution in [2.45, 2.75) is 38.6 Å². The Kier molecular flexibility index (Phi) is 4.25. The first-order valence-corrected chi connectivity index (χ1v) is 6.89. The number of amides is 1. The molecule has 0 saturated carbocycles. The van der Waals surface area contributed by atoms with Gasteiger partial charge in [0.25, 0.3) is 0 Å². The lowest BCUT2D eigenvalue weighted by Crippen LogP contribution is -2.32. The minimum Gasteiger partial charge on any atom is -0.316 e. The van der Waals surface area contributed by atoms with E-state index in [0.717, 1.165) is 30.6 Å². The molecule has 0 aromatic heterocycles. The SMILES string of the molecule is CCCCCCN1C(=O)C(N)c2cc(Cl)ccc21. The van der Waals surface area contributed by atoms with E-state index in [9.17, 15) is 4.79 Å². The summed E-state index contributed by atoms with van der Waals surface area (Å²) in [6, 6.07) is 4.95. The summed E-state index contributed by atoms with van der Waals surface area (Å²) in [5.74, 6) is -0.0104. The van der Waals surface area contributed by atoms with Crippen LogP contribution in [-0.2, 0) is 4.79 Å². The Morgan fingerprint density at radius 2 is 2.11 bits per heavy atom. The number of nitrogens with two attached hydrogens (primary N) is 1. The van der Waals surface area contributed by atoms with Crippen LogP contribution in [0.4, 0.5) is 5.69 Å². The van der Waals surface area contributed by atoms with Gasteiger partial charge in [-0.25, -0.2) is 0 Å². The van der Waals surface area contributed by atoms with Crippen molar-refractivity contribution in [3.05, 3.63) is 28.8 Å². The van der Waals surface area contributed by atoms with E-state index >= 15 is 0 Å². The van der Waals surface area contributed by atoms with Crippen LogP contribution in [0.2, 0.25) is 5.02 Å². The molecule has 18 heavy (non-hydrogen) atoms. The predicted molar refractivity (Wildman–Crippen MR) is 74.9 cm³/mol. The van der Waals surface area contributed by atoms with Crippen molar-refractivity contribution in [3.63, 3.8) is 0 Å². The van der Waals surface area contributed by atoms with Crippen molar-refractivity contribution in [2.24, 2.45) is 5.73 Å². The first-order chi connectivity index (χ1) is 8.65. The van der Waals surface area contributed by atoms with E-state index in [1.807, 2.05) is 12.1 Å². The van der Waals surface area contributed by atoms with Gasteiger partial charge in [-0.15, -0.1) is 0 Å². The molecule has 1 aromatic rings. The lowest BCUT2D eigenvalue weighted by molar-refractivity contribution is -0.119. The van der Waals surface area contributed by atoms with Crippen molar-refractivity contribution >= 4 is 23.2 Å². The summed E-state index contributed by atoms with van der Waals surface area (Å²) >= 11 is 5.94. The van der Waals surface area contributed by atoms with Crippen molar-refractivity contribution in [3.8, 4) is 0 Å². The van der Waals surface area contributed by atoms with Crippen molar-refractivity contribution in [2.75, 3.05) is 11.4 Å². The summed E-state index contributed by atoms with van der Waals surface area (Å²) in [6.45, 7) is 2.93. The summed E-state index contributed by atoms with van der Waals surface area (Å²) in [5.41, 5.74) is 7.70. The lowest BCUT2D eigenvalue weighted by Gasteiger charge is -2.17. The fraction of sp³-hybridized carbons (Fsp3) is 0.500. The normalized spacial score (nSPS) is 18.3. The second-order valence-electron chi connectivity index (χ2n) is 4.73. The largest absolute Gasteiger partial charge is 0.316 e. The molecular formula is C14H19ClN2O. The molecule has 98 valence electrons. The minimum absolute atomic E-state index is 0.0104. The summed E-state index contributed by atoms with van der Waals surface area (Å²) < 4.78 is 0. The maximum atomic E-state index is 12.1. The second kappa shape index (κ2) is 5.72. The van der Waals surface area contributed by atoms with Gasteiger partial charge in [0, 0.05) is 22.8 Å². The standard InChI is InChI=1S/C14H19ClN2O/c1-2-3-4-5-8-17-12-7-6-10(15)9-11(12)13(16)14(17)18/h6-7,9,13H,2-5,8,16H2,1H3. The van der Waals surface area contributed by atoms with Crippen LogP contribution in [0.25, 0.3) is 0 Å². The highest BCUT2D eigenvalue weighted by Gasteiger charge is 2.34. The van der Waals surface area contributed by atoms with Crippen molar-refractivity contribution in [1.82, 2.24) is 0 Å². The van der Waals surface area contributed by atoms with E-state index in [4.69, 9.17) is 17.3 Å². The van der Waals surface area contributed by atoms with Crippen LogP contribution < -0.4 is 10.6 Å². The number of benzene rings is 1. The zero-order valence-corrected chi connectivity index (χ0v) is 11.4. The number of anilines is 1. The average Bonchev–Trinajstić information content (AvgIpc) is 2.59. The molecule has 1 aliphatic rings. The van der Waals surface area contributed by atoms with Gasteiger partial charge in [-0.1, -0.05) is 37.8 Å². The van der Waals surface area contributed by atoms with Crippen molar-refractivity contribution in [1.29, 1.82) is 0 Å². The van der Waals surface area contributed by atoms with Crippen molar-refractivity contribution < 1.29 is 4.79 Å². The minimum atomic E-state index is -0.551. The third-order valence-electron chi connectivity index (χ3n) is 3.38. The van der Waals surface area contributed by atoms with Gasteiger partial charge in [0.05, 0.1) is 0 Å². The number of nitrogens with zero attached hydrogens (tertiary/aromatic N) is 1. The molecule has 2 rings (SSSR count). The number of unbranched alkanes of at least 4 members (excludes halogenated alkanes) is 3. The Hall–Kier alpha value is -1.06. The number of rotatable bonds is 5. The van der Waals surface area contributed by atoms with E-state index in [1.165, 1.54) is 12.8 Å². The quantitative estimate of drug-likeness (QED) is 0.832. The molecule has 0 aliphatic carbocycles. The maximum absolute atomic E-state index is 12.1. The average molecular weight is 267 g/mol. The van der Waals surface area contributed by atoms with Gasteiger partial charge in [-0.3, -0.25) is 4.79 Å². The van der Waals surface area contributed by atoms with Gasteiger partial charge < -0.3 is 10.6 Å². The Bertz CT molecular complexity index is 447. The predicted octanol–water partition coefficient (Wildman–Crippen LogP) is 3.27. The summed E-state index contributed by atoms with van der Waals surface area (Å²) in [7, 11) is 0. The highest BCUT2D eigenvalue weighted by atomic mass is 35.5. The molecule has 0 saturated heterocycles. The molecule has 0 bridgehead atoms. The monoisotopic (exact) mass is 266 g/mol. The van der Waals surface area contributed by atoms with Crippen LogP contribution in [0.5, 0.6) is 0 Å².